The second kappa shape index (κ2) is 9.53. The third-order valence-corrected chi connectivity index (χ3v) is 5.96. The highest BCUT2D eigenvalue weighted by atomic mass is 35.5. The molecule has 1 heterocycles. The number of piperidine rings is 1. The van der Waals surface area contributed by atoms with Crippen molar-refractivity contribution < 1.29 is 9.18 Å². The molecule has 0 radical (unpaired) electrons. The molecule has 3 rings (SSSR count). The normalized spacial score (nSPS) is 16.7. The van der Waals surface area contributed by atoms with Gasteiger partial charge in [-0.15, -0.1) is 0 Å². The van der Waals surface area contributed by atoms with Crippen LogP contribution in [0.25, 0.3) is 0 Å². The fourth-order valence-electron chi connectivity index (χ4n) is 3.77. The van der Waals surface area contributed by atoms with Gasteiger partial charge in [-0.05, 0) is 57.0 Å². The van der Waals surface area contributed by atoms with E-state index in [2.05, 4.69) is 48.3 Å². The van der Waals surface area contributed by atoms with Gasteiger partial charge in [0.1, 0.15) is 5.82 Å². The Hall–Kier alpha value is -1.91. The van der Waals surface area contributed by atoms with Crippen LogP contribution in [-0.4, -0.2) is 23.9 Å². The Morgan fingerprint density at radius 1 is 1.21 bits per heavy atom. The van der Waals surface area contributed by atoms with Crippen LogP contribution >= 0.6 is 11.6 Å². The summed E-state index contributed by atoms with van der Waals surface area (Å²) < 4.78 is 14.0. The Bertz CT molecular complexity index is 780. The second-order valence-corrected chi connectivity index (χ2v) is 8.04. The molecule has 0 unspecified atom stereocenters. The van der Waals surface area contributed by atoms with E-state index in [1.807, 2.05) is 0 Å². The molecule has 5 heteroatoms. The van der Waals surface area contributed by atoms with Crippen molar-refractivity contribution in [3.05, 3.63) is 70.0 Å². The standard InChI is InChI=1S/C23H28ClFN2O/c1-3-22(17-9-7-16(2)8-10-17)26-23(28)18-11-13-27(14-12-18)15-19-20(24)5-4-6-21(19)25/h4-10,18,22H,3,11-15H2,1-2H3,(H,26,28)/t22-/m1/s1. The van der Waals surface area contributed by atoms with Gasteiger partial charge in [0.25, 0.3) is 0 Å². The van der Waals surface area contributed by atoms with E-state index in [0.29, 0.717) is 17.1 Å². The van der Waals surface area contributed by atoms with Gasteiger partial charge in [-0.25, -0.2) is 4.39 Å². The Kier molecular flexibility index (Phi) is 7.08. The highest BCUT2D eigenvalue weighted by Crippen LogP contribution is 2.25. The molecular formula is C23H28ClFN2O. The van der Waals surface area contributed by atoms with Gasteiger partial charge >= 0.3 is 0 Å². The Balaban J connectivity index is 1.54. The number of carbonyl (C=O) groups excluding carboxylic acids is 1. The van der Waals surface area contributed by atoms with Gasteiger partial charge in [-0.1, -0.05) is 54.4 Å². The molecule has 1 fully saturated rings. The zero-order chi connectivity index (χ0) is 20.1. The number of benzene rings is 2. The number of hydrogen-bond acceptors (Lipinski definition) is 2. The first-order valence-electron chi connectivity index (χ1n) is 10.00. The van der Waals surface area contributed by atoms with Crippen LogP contribution < -0.4 is 5.32 Å². The Morgan fingerprint density at radius 3 is 2.50 bits per heavy atom. The maximum Gasteiger partial charge on any atom is 0.223 e. The van der Waals surface area contributed by atoms with E-state index in [1.54, 1.807) is 12.1 Å². The Labute approximate surface area is 171 Å². The third kappa shape index (κ3) is 5.12. The van der Waals surface area contributed by atoms with E-state index < -0.39 is 0 Å². The molecule has 2 aromatic rings. The topological polar surface area (TPSA) is 32.3 Å². The van der Waals surface area contributed by atoms with E-state index in [-0.39, 0.29) is 23.7 Å². The summed E-state index contributed by atoms with van der Waals surface area (Å²) in [5.74, 6) is -0.140. The van der Waals surface area contributed by atoms with Crippen LogP contribution in [0.15, 0.2) is 42.5 Å². The molecule has 28 heavy (non-hydrogen) atoms. The maximum atomic E-state index is 14.0. The van der Waals surface area contributed by atoms with Crippen LogP contribution in [0, 0.1) is 18.7 Å². The number of aryl methyl sites for hydroxylation is 1. The highest BCUT2D eigenvalue weighted by Gasteiger charge is 2.27. The summed E-state index contributed by atoms with van der Waals surface area (Å²) in [5.41, 5.74) is 2.90. The molecule has 1 aliphatic rings. The molecule has 0 aliphatic carbocycles. The lowest BCUT2D eigenvalue weighted by molar-refractivity contribution is -0.127. The summed E-state index contributed by atoms with van der Waals surface area (Å²) in [5, 5.41) is 3.68. The lowest BCUT2D eigenvalue weighted by Crippen LogP contribution is -2.41. The predicted molar refractivity (Wildman–Crippen MR) is 112 cm³/mol. The van der Waals surface area contributed by atoms with Gasteiger partial charge in [-0.3, -0.25) is 9.69 Å². The first-order valence-corrected chi connectivity index (χ1v) is 10.4. The van der Waals surface area contributed by atoms with E-state index in [1.165, 1.54) is 11.6 Å². The molecule has 1 N–H and O–H groups in total. The average molecular weight is 403 g/mol. The maximum absolute atomic E-state index is 14.0. The summed E-state index contributed by atoms with van der Waals surface area (Å²) in [4.78, 5) is 14.9. The van der Waals surface area contributed by atoms with Crippen LogP contribution in [0.4, 0.5) is 4.39 Å². The summed E-state index contributed by atoms with van der Waals surface area (Å²) in [6, 6.07) is 13.2. The fraction of sp³-hybridized carbons (Fsp3) is 0.435. The molecule has 3 nitrogen and oxygen atoms in total. The molecule has 0 saturated carbocycles. The average Bonchev–Trinajstić information content (AvgIpc) is 2.70. The van der Waals surface area contributed by atoms with Crippen LogP contribution in [0.5, 0.6) is 0 Å². The summed E-state index contributed by atoms with van der Waals surface area (Å²) in [6.45, 7) is 6.17. The van der Waals surface area contributed by atoms with Gasteiger partial charge in [0.15, 0.2) is 0 Å². The third-order valence-electron chi connectivity index (χ3n) is 5.61. The number of nitrogens with one attached hydrogen (secondary N) is 1. The van der Waals surface area contributed by atoms with Gasteiger partial charge in [0, 0.05) is 23.0 Å². The van der Waals surface area contributed by atoms with Gasteiger partial charge in [0.05, 0.1) is 6.04 Å². The van der Waals surface area contributed by atoms with Crippen molar-refractivity contribution >= 4 is 17.5 Å². The minimum Gasteiger partial charge on any atom is -0.349 e. The highest BCUT2D eigenvalue weighted by molar-refractivity contribution is 6.31. The number of halogens is 2. The zero-order valence-corrected chi connectivity index (χ0v) is 17.3. The second-order valence-electron chi connectivity index (χ2n) is 7.63. The monoisotopic (exact) mass is 402 g/mol. The molecule has 150 valence electrons. The molecule has 1 aliphatic heterocycles. The molecule has 0 spiro atoms. The lowest BCUT2D eigenvalue weighted by Gasteiger charge is -2.32. The van der Waals surface area contributed by atoms with Crippen molar-refractivity contribution in [3.63, 3.8) is 0 Å². The summed E-state index contributed by atoms with van der Waals surface area (Å²) in [7, 11) is 0. The minimum absolute atomic E-state index is 0.00633. The van der Waals surface area contributed by atoms with Crippen LogP contribution in [0.3, 0.4) is 0 Å². The molecule has 1 atom stereocenters. The Morgan fingerprint density at radius 2 is 1.89 bits per heavy atom. The summed E-state index contributed by atoms with van der Waals surface area (Å²) in [6.07, 6.45) is 2.42. The van der Waals surface area contributed by atoms with Crippen molar-refractivity contribution in [2.24, 2.45) is 5.92 Å². The van der Waals surface area contributed by atoms with Crippen LogP contribution in [0.2, 0.25) is 5.02 Å². The molecule has 1 amide bonds. The first-order chi connectivity index (χ1) is 13.5. The number of hydrogen-bond donors (Lipinski definition) is 1. The number of rotatable bonds is 6. The van der Waals surface area contributed by atoms with Crippen molar-refractivity contribution in [2.75, 3.05) is 13.1 Å². The lowest BCUT2D eigenvalue weighted by atomic mass is 9.94. The van der Waals surface area contributed by atoms with E-state index in [9.17, 15) is 9.18 Å². The largest absolute Gasteiger partial charge is 0.349 e. The van der Waals surface area contributed by atoms with Crippen molar-refractivity contribution in [3.8, 4) is 0 Å². The smallest absolute Gasteiger partial charge is 0.223 e. The summed E-state index contributed by atoms with van der Waals surface area (Å²) >= 11 is 6.14. The van der Waals surface area contributed by atoms with Crippen molar-refractivity contribution in [1.82, 2.24) is 10.2 Å². The van der Waals surface area contributed by atoms with Gasteiger partial charge in [0.2, 0.25) is 5.91 Å². The SMILES string of the molecule is CC[C@@H](NC(=O)C1CCN(Cc2c(F)cccc2Cl)CC1)c1ccc(C)cc1. The number of likely N-dealkylation sites (tertiary alicyclic amines) is 1. The molecule has 1 saturated heterocycles. The molecule has 0 aromatic heterocycles. The van der Waals surface area contributed by atoms with E-state index >= 15 is 0 Å². The van der Waals surface area contributed by atoms with E-state index in [4.69, 9.17) is 11.6 Å². The number of amides is 1. The van der Waals surface area contributed by atoms with Gasteiger partial charge in [-0.2, -0.15) is 0 Å². The fourth-order valence-corrected chi connectivity index (χ4v) is 3.99. The zero-order valence-electron chi connectivity index (χ0n) is 16.6. The minimum atomic E-state index is -0.267. The van der Waals surface area contributed by atoms with Crippen LogP contribution in [-0.2, 0) is 11.3 Å². The van der Waals surface area contributed by atoms with Crippen LogP contribution in [0.1, 0.15) is 48.9 Å². The van der Waals surface area contributed by atoms with Crippen molar-refractivity contribution in [1.29, 1.82) is 0 Å². The first kappa shape index (κ1) is 20.8. The van der Waals surface area contributed by atoms with Crippen molar-refractivity contribution in [2.45, 2.75) is 45.7 Å². The number of nitrogens with zero attached hydrogens (tertiary/aromatic N) is 1. The van der Waals surface area contributed by atoms with E-state index in [0.717, 1.165) is 37.9 Å². The molecule has 2 aromatic carbocycles. The number of carbonyl (C=O) groups is 1. The molecule has 0 bridgehead atoms. The van der Waals surface area contributed by atoms with Gasteiger partial charge < -0.3 is 5.32 Å². The quantitative estimate of drug-likeness (QED) is 0.714. The predicted octanol–water partition coefficient (Wildman–Crippen LogP) is 5.27. The molecular weight excluding hydrogens is 375 g/mol.